The van der Waals surface area contributed by atoms with Gasteiger partial charge in [-0.3, -0.25) is 9.59 Å². The molecule has 0 aliphatic carbocycles. The summed E-state index contributed by atoms with van der Waals surface area (Å²) in [5.74, 6) is -1.73. The maximum atomic E-state index is 12.1. The lowest BCUT2D eigenvalue weighted by Crippen LogP contribution is -2.32. The lowest BCUT2D eigenvalue weighted by Gasteiger charge is -2.19. The van der Waals surface area contributed by atoms with Gasteiger partial charge in [-0.25, -0.2) is 4.79 Å². The van der Waals surface area contributed by atoms with Crippen LogP contribution in [0.2, 0.25) is 0 Å². The van der Waals surface area contributed by atoms with E-state index in [4.69, 9.17) is 5.73 Å². The first-order chi connectivity index (χ1) is 9.64. The van der Waals surface area contributed by atoms with Gasteiger partial charge in [0.2, 0.25) is 5.91 Å². The Labute approximate surface area is 123 Å². The average molecular weight is 292 g/mol. The van der Waals surface area contributed by atoms with Crippen LogP contribution in [0.25, 0.3) is 0 Å². The van der Waals surface area contributed by atoms with Crippen LogP contribution >= 0.6 is 0 Å². The summed E-state index contributed by atoms with van der Waals surface area (Å²) >= 11 is 0. The van der Waals surface area contributed by atoms with Crippen molar-refractivity contribution in [1.29, 1.82) is 0 Å². The standard InChI is InChI=1S/C15H20N2O4/c1-15(2,3)8-17-13(19)10-5-9(12(16)18)6-11(7-10)14(20)21-4/h5-7H,8H2,1-4H3,(H2,16,18)(H,17,19). The van der Waals surface area contributed by atoms with E-state index >= 15 is 0 Å². The van der Waals surface area contributed by atoms with Gasteiger partial charge in [-0.1, -0.05) is 20.8 Å². The molecule has 6 nitrogen and oxygen atoms in total. The second kappa shape index (κ2) is 6.39. The minimum atomic E-state index is -0.717. The van der Waals surface area contributed by atoms with Crippen molar-refractivity contribution in [1.82, 2.24) is 5.32 Å². The third kappa shape index (κ3) is 4.91. The van der Waals surface area contributed by atoms with Gasteiger partial charge in [0.1, 0.15) is 0 Å². The number of primary amides is 1. The molecule has 0 radical (unpaired) electrons. The van der Waals surface area contributed by atoms with Crippen LogP contribution in [0.15, 0.2) is 18.2 Å². The summed E-state index contributed by atoms with van der Waals surface area (Å²) in [5.41, 5.74) is 5.51. The van der Waals surface area contributed by atoms with Crippen LogP contribution in [-0.2, 0) is 4.74 Å². The SMILES string of the molecule is COC(=O)c1cc(C(N)=O)cc(C(=O)NCC(C)(C)C)c1. The Morgan fingerprint density at radius 1 is 1.10 bits per heavy atom. The van der Waals surface area contributed by atoms with E-state index in [1.165, 1.54) is 25.3 Å². The van der Waals surface area contributed by atoms with Gasteiger partial charge in [0.05, 0.1) is 12.7 Å². The quantitative estimate of drug-likeness (QED) is 0.818. The number of hydrogen-bond acceptors (Lipinski definition) is 4. The number of ether oxygens (including phenoxy) is 1. The summed E-state index contributed by atoms with van der Waals surface area (Å²) in [6, 6.07) is 4.03. The van der Waals surface area contributed by atoms with Gasteiger partial charge < -0.3 is 15.8 Å². The molecule has 0 aliphatic heterocycles. The molecule has 1 aromatic rings. The third-order valence-corrected chi connectivity index (χ3v) is 2.68. The largest absolute Gasteiger partial charge is 0.465 e. The van der Waals surface area contributed by atoms with Gasteiger partial charge in [0, 0.05) is 17.7 Å². The van der Waals surface area contributed by atoms with Crippen LogP contribution in [0.4, 0.5) is 0 Å². The second-order valence-corrected chi connectivity index (χ2v) is 5.90. The number of amides is 2. The van der Waals surface area contributed by atoms with Gasteiger partial charge >= 0.3 is 5.97 Å². The minimum Gasteiger partial charge on any atom is -0.465 e. The fourth-order valence-corrected chi connectivity index (χ4v) is 1.58. The molecule has 0 heterocycles. The van der Waals surface area contributed by atoms with E-state index < -0.39 is 11.9 Å². The van der Waals surface area contributed by atoms with Crippen LogP contribution in [0.3, 0.4) is 0 Å². The first kappa shape index (κ1) is 16.7. The van der Waals surface area contributed by atoms with Crippen molar-refractivity contribution >= 4 is 17.8 Å². The third-order valence-electron chi connectivity index (χ3n) is 2.68. The number of nitrogens with two attached hydrogens (primary N) is 1. The summed E-state index contributed by atoms with van der Waals surface area (Å²) in [7, 11) is 1.22. The zero-order chi connectivity index (χ0) is 16.2. The van der Waals surface area contributed by atoms with E-state index in [2.05, 4.69) is 10.1 Å². The van der Waals surface area contributed by atoms with Crippen molar-refractivity contribution in [2.24, 2.45) is 11.1 Å². The highest BCUT2D eigenvalue weighted by Crippen LogP contribution is 2.14. The van der Waals surface area contributed by atoms with E-state index in [9.17, 15) is 14.4 Å². The van der Waals surface area contributed by atoms with Crippen molar-refractivity contribution in [2.75, 3.05) is 13.7 Å². The molecule has 0 aliphatic rings. The summed E-state index contributed by atoms with van der Waals surface area (Å²) < 4.78 is 4.60. The van der Waals surface area contributed by atoms with E-state index in [0.29, 0.717) is 6.54 Å². The number of nitrogens with one attached hydrogen (secondary N) is 1. The Morgan fingerprint density at radius 3 is 2.10 bits per heavy atom. The molecule has 1 rings (SSSR count). The first-order valence-electron chi connectivity index (χ1n) is 6.45. The monoisotopic (exact) mass is 292 g/mol. The number of carbonyl (C=O) groups is 3. The number of hydrogen-bond donors (Lipinski definition) is 2. The number of carbonyl (C=O) groups excluding carboxylic acids is 3. The second-order valence-electron chi connectivity index (χ2n) is 5.90. The topological polar surface area (TPSA) is 98.5 Å². The summed E-state index contributed by atoms with van der Waals surface area (Å²) in [5, 5.41) is 2.75. The molecular formula is C15H20N2O4. The molecule has 6 heteroatoms. The van der Waals surface area contributed by atoms with Crippen molar-refractivity contribution < 1.29 is 19.1 Å². The van der Waals surface area contributed by atoms with Gasteiger partial charge in [0.25, 0.3) is 5.91 Å². The molecule has 2 amide bonds. The molecule has 0 fully saturated rings. The number of benzene rings is 1. The van der Waals surface area contributed by atoms with Crippen molar-refractivity contribution in [3.8, 4) is 0 Å². The minimum absolute atomic E-state index is 0.0812. The number of esters is 1. The normalized spacial score (nSPS) is 10.9. The smallest absolute Gasteiger partial charge is 0.337 e. The van der Waals surface area contributed by atoms with Crippen LogP contribution in [0.1, 0.15) is 51.8 Å². The van der Waals surface area contributed by atoms with Gasteiger partial charge in [-0.2, -0.15) is 0 Å². The average Bonchev–Trinajstić information content (AvgIpc) is 2.42. The van der Waals surface area contributed by atoms with Gasteiger partial charge in [-0.05, 0) is 23.6 Å². The van der Waals surface area contributed by atoms with E-state index in [1.54, 1.807) is 0 Å². The van der Waals surface area contributed by atoms with E-state index in [0.717, 1.165) is 0 Å². The summed E-state index contributed by atoms with van der Waals surface area (Å²) in [6.07, 6.45) is 0. The number of rotatable bonds is 4. The Morgan fingerprint density at radius 2 is 1.62 bits per heavy atom. The molecule has 21 heavy (non-hydrogen) atoms. The predicted octanol–water partition coefficient (Wildman–Crippen LogP) is 1.35. The lowest BCUT2D eigenvalue weighted by molar-refractivity contribution is 0.0600. The molecule has 0 saturated heterocycles. The van der Waals surface area contributed by atoms with Crippen LogP contribution in [0.5, 0.6) is 0 Å². The van der Waals surface area contributed by atoms with Crippen LogP contribution in [0, 0.1) is 5.41 Å². The molecule has 0 spiro atoms. The molecule has 0 aromatic heterocycles. The van der Waals surface area contributed by atoms with Crippen molar-refractivity contribution in [2.45, 2.75) is 20.8 Å². The van der Waals surface area contributed by atoms with Crippen LogP contribution < -0.4 is 11.1 Å². The highest BCUT2D eigenvalue weighted by Gasteiger charge is 2.17. The maximum absolute atomic E-state index is 12.1. The van der Waals surface area contributed by atoms with Gasteiger partial charge in [-0.15, -0.1) is 0 Å². The Bertz CT molecular complexity index is 574. The Balaban J connectivity index is 3.11. The highest BCUT2D eigenvalue weighted by atomic mass is 16.5. The first-order valence-corrected chi connectivity index (χ1v) is 6.45. The molecule has 1 aromatic carbocycles. The zero-order valence-electron chi connectivity index (χ0n) is 12.6. The van der Waals surface area contributed by atoms with E-state index in [1.807, 2.05) is 20.8 Å². The maximum Gasteiger partial charge on any atom is 0.337 e. The fourth-order valence-electron chi connectivity index (χ4n) is 1.58. The Hall–Kier alpha value is -2.37. The molecule has 0 atom stereocenters. The van der Waals surface area contributed by atoms with Gasteiger partial charge in [0.15, 0.2) is 0 Å². The summed E-state index contributed by atoms with van der Waals surface area (Å²) in [4.78, 5) is 35.0. The van der Waals surface area contributed by atoms with Crippen molar-refractivity contribution in [3.05, 3.63) is 34.9 Å². The fraction of sp³-hybridized carbons (Fsp3) is 0.400. The molecule has 0 bridgehead atoms. The van der Waals surface area contributed by atoms with Crippen LogP contribution in [-0.4, -0.2) is 31.4 Å². The summed E-state index contributed by atoms with van der Waals surface area (Å²) in [6.45, 7) is 6.40. The molecule has 114 valence electrons. The number of methoxy groups -OCH3 is 1. The highest BCUT2D eigenvalue weighted by molar-refractivity contribution is 6.02. The Kier molecular flexibility index (Phi) is 5.07. The zero-order valence-corrected chi connectivity index (χ0v) is 12.6. The lowest BCUT2D eigenvalue weighted by atomic mass is 9.96. The van der Waals surface area contributed by atoms with Crippen molar-refractivity contribution in [3.63, 3.8) is 0 Å². The van der Waals surface area contributed by atoms with E-state index in [-0.39, 0.29) is 28.0 Å². The predicted molar refractivity (Wildman–Crippen MR) is 78.1 cm³/mol. The molecule has 3 N–H and O–H groups in total. The molecular weight excluding hydrogens is 272 g/mol. The molecule has 0 saturated carbocycles. The molecule has 0 unspecified atom stereocenters.